The summed E-state index contributed by atoms with van der Waals surface area (Å²) in [5.74, 6) is 0.389. The molecule has 2 aliphatic heterocycles. The second kappa shape index (κ2) is 10.2. The van der Waals surface area contributed by atoms with E-state index in [0.29, 0.717) is 44.3 Å². The Kier molecular flexibility index (Phi) is 7.38. The van der Waals surface area contributed by atoms with E-state index in [-0.39, 0.29) is 12.0 Å². The van der Waals surface area contributed by atoms with Gasteiger partial charge in [-0.2, -0.15) is 0 Å². The lowest BCUT2D eigenvalue weighted by Gasteiger charge is -2.33. The Labute approximate surface area is 164 Å². The van der Waals surface area contributed by atoms with Crippen LogP contribution < -0.4 is 5.32 Å². The smallest absolute Gasteiger partial charge is 0.409 e. The molecule has 0 spiro atoms. The molecular formula is C18H28N6O4. The van der Waals surface area contributed by atoms with Crippen molar-refractivity contribution in [3.63, 3.8) is 0 Å². The first-order valence-corrected chi connectivity index (χ1v) is 9.74. The molecule has 0 saturated carbocycles. The van der Waals surface area contributed by atoms with Crippen LogP contribution in [0.5, 0.6) is 0 Å². The second-order valence-corrected chi connectivity index (χ2v) is 6.65. The van der Waals surface area contributed by atoms with E-state index >= 15 is 0 Å². The summed E-state index contributed by atoms with van der Waals surface area (Å²) in [6, 6.07) is 0. The highest BCUT2D eigenvalue weighted by atomic mass is 16.6. The Morgan fingerprint density at radius 2 is 1.71 bits per heavy atom. The van der Waals surface area contributed by atoms with Gasteiger partial charge in [-0.25, -0.2) is 14.8 Å². The highest BCUT2D eigenvalue weighted by molar-refractivity contribution is 5.93. The van der Waals surface area contributed by atoms with Gasteiger partial charge in [0.15, 0.2) is 0 Å². The van der Waals surface area contributed by atoms with E-state index < -0.39 is 0 Å². The molecule has 10 heteroatoms. The number of nitrogens with zero attached hydrogens (tertiary/aromatic N) is 5. The minimum absolute atomic E-state index is 0.122. The van der Waals surface area contributed by atoms with Crippen LogP contribution in [-0.2, 0) is 9.47 Å². The predicted molar refractivity (Wildman–Crippen MR) is 102 cm³/mol. The summed E-state index contributed by atoms with van der Waals surface area (Å²) in [5, 5.41) is 3.18. The van der Waals surface area contributed by atoms with Crippen LogP contribution in [0.15, 0.2) is 12.4 Å². The van der Waals surface area contributed by atoms with Gasteiger partial charge in [0.1, 0.15) is 0 Å². The molecule has 10 nitrogen and oxygen atoms in total. The topological polar surface area (TPSA) is 100 Å². The molecule has 3 heterocycles. The van der Waals surface area contributed by atoms with Gasteiger partial charge in [-0.05, 0) is 6.92 Å². The first-order valence-electron chi connectivity index (χ1n) is 9.74. The van der Waals surface area contributed by atoms with Crippen molar-refractivity contribution >= 4 is 17.9 Å². The van der Waals surface area contributed by atoms with Crippen molar-refractivity contribution < 1.29 is 19.1 Å². The van der Waals surface area contributed by atoms with Crippen LogP contribution in [0.3, 0.4) is 0 Å². The average molecular weight is 392 g/mol. The largest absolute Gasteiger partial charge is 0.450 e. The first kappa shape index (κ1) is 20.3. The molecule has 154 valence electrons. The zero-order chi connectivity index (χ0) is 19.8. The zero-order valence-corrected chi connectivity index (χ0v) is 16.3. The summed E-state index contributed by atoms with van der Waals surface area (Å²) < 4.78 is 10.3. The molecule has 1 N–H and O–H groups in total. The van der Waals surface area contributed by atoms with E-state index in [1.54, 1.807) is 29.1 Å². The van der Waals surface area contributed by atoms with Crippen molar-refractivity contribution in [3.8, 4) is 0 Å². The van der Waals surface area contributed by atoms with Crippen molar-refractivity contribution in [3.05, 3.63) is 18.0 Å². The maximum atomic E-state index is 12.6. The number of amides is 2. The molecular weight excluding hydrogens is 364 g/mol. The monoisotopic (exact) mass is 392 g/mol. The summed E-state index contributed by atoms with van der Waals surface area (Å²) in [6.07, 6.45) is 2.76. The van der Waals surface area contributed by atoms with Crippen LogP contribution in [0.4, 0.5) is 10.7 Å². The van der Waals surface area contributed by atoms with Gasteiger partial charge in [-0.1, -0.05) is 0 Å². The number of morpholine rings is 1. The van der Waals surface area contributed by atoms with Gasteiger partial charge in [-0.15, -0.1) is 0 Å². The number of ether oxygens (including phenoxy) is 2. The summed E-state index contributed by atoms with van der Waals surface area (Å²) in [5.41, 5.74) is 0.448. The summed E-state index contributed by atoms with van der Waals surface area (Å²) in [6.45, 7) is 9.08. The van der Waals surface area contributed by atoms with E-state index in [9.17, 15) is 9.59 Å². The van der Waals surface area contributed by atoms with Crippen molar-refractivity contribution in [2.75, 3.05) is 77.5 Å². The average Bonchev–Trinajstić information content (AvgIpc) is 2.75. The van der Waals surface area contributed by atoms with Crippen molar-refractivity contribution in [2.45, 2.75) is 6.92 Å². The van der Waals surface area contributed by atoms with Gasteiger partial charge in [0.25, 0.3) is 5.91 Å². The first-order chi connectivity index (χ1) is 13.7. The molecule has 1 aromatic rings. The Morgan fingerprint density at radius 1 is 1.07 bits per heavy atom. The molecule has 2 fully saturated rings. The fraction of sp³-hybridized carbons (Fsp3) is 0.667. The quantitative estimate of drug-likeness (QED) is 0.730. The van der Waals surface area contributed by atoms with Crippen LogP contribution in [0.1, 0.15) is 17.3 Å². The number of carbonyl (C=O) groups excluding carboxylic acids is 2. The van der Waals surface area contributed by atoms with Crippen LogP contribution in [0, 0.1) is 0 Å². The molecule has 0 unspecified atom stereocenters. The third-order valence-corrected chi connectivity index (χ3v) is 4.81. The number of rotatable bonds is 6. The highest BCUT2D eigenvalue weighted by Crippen LogP contribution is 2.09. The van der Waals surface area contributed by atoms with Gasteiger partial charge in [-0.3, -0.25) is 9.69 Å². The molecule has 0 bridgehead atoms. The molecule has 0 radical (unpaired) electrons. The highest BCUT2D eigenvalue weighted by Gasteiger charge is 2.25. The summed E-state index contributed by atoms with van der Waals surface area (Å²) in [4.78, 5) is 38.5. The van der Waals surface area contributed by atoms with E-state index in [2.05, 4.69) is 20.2 Å². The Hall–Kier alpha value is -2.46. The van der Waals surface area contributed by atoms with Crippen molar-refractivity contribution in [1.29, 1.82) is 0 Å². The minimum atomic E-state index is -0.328. The fourth-order valence-corrected chi connectivity index (χ4v) is 3.17. The molecule has 0 aliphatic carbocycles. The van der Waals surface area contributed by atoms with Crippen LogP contribution in [0.25, 0.3) is 0 Å². The number of aromatic nitrogens is 2. The van der Waals surface area contributed by atoms with E-state index in [4.69, 9.17) is 9.47 Å². The number of carbonyl (C=O) groups is 2. The third kappa shape index (κ3) is 5.52. The molecule has 2 aliphatic rings. The maximum absolute atomic E-state index is 12.6. The van der Waals surface area contributed by atoms with Crippen LogP contribution >= 0.6 is 0 Å². The lowest BCUT2D eigenvalue weighted by atomic mass is 10.2. The molecule has 1 aromatic heterocycles. The van der Waals surface area contributed by atoms with Crippen molar-refractivity contribution in [2.24, 2.45) is 0 Å². The fourth-order valence-electron chi connectivity index (χ4n) is 3.17. The zero-order valence-electron chi connectivity index (χ0n) is 16.3. The molecule has 2 saturated heterocycles. The Balaban J connectivity index is 1.43. The Bertz CT molecular complexity index is 642. The second-order valence-electron chi connectivity index (χ2n) is 6.65. The van der Waals surface area contributed by atoms with Crippen molar-refractivity contribution in [1.82, 2.24) is 24.7 Å². The standard InChI is InChI=1S/C18H28N6O4/c1-2-28-18(26)24-7-5-23(6-8-24)16(25)15-13-20-17(21-14-15)19-3-4-22-9-11-27-12-10-22/h13-14H,2-12H2,1H3,(H,19,20,21). The molecule has 0 atom stereocenters. The van der Waals surface area contributed by atoms with Gasteiger partial charge in [0, 0.05) is 64.8 Å². The lowest BCUT2D eigenvalue weighted by Crippen LogP contribution is -2.50. The number of anilines is 1. The maximum Gasteiger partial charge on any atom is 0.409 e. The predicted octanol–water partition coefficient (Wildman–Crippen LogP) is 0.135. The summed E-state index contributed by atoms with van der Waals surface area (Å²) in [7, 11) is 0. The molecule has 2 amide bonds. The summed E-state index contributed by atoms with van der Waals surface area (Å²) >= 11 is 0. The van der Waals surface area contributed by atoms with Gasteiger partial charge in [0.2, 0.25) is 5.95 Å². The molecule has 3 rings (SSSR count). The van der Waals surface area contributed by atoms with Crippen LogP contribution in [-0.4, -0.2) is 109 Å². The molecule has 0 aromatic carbocycles. The van der Waals surface area contributed by atoms with E-state index in [1.807, 2.05) is 0 Å². The number of hydrogen-bond donors (Lipinski definition) is 1. The number of piperazine rings is 1. The normalized spacial score (nSPS) is 18.0. The SMILES string of the molecule is CCOC(=O)N1CCN(C(=O)c2cnc(NCCN3CCOCC3)nc2)CC1. The number of nitrogens with one attached hydrogen (secondary N) is 1. The lowest BCUT2D eigenvalue weighted by molar-refractivity contribution is 0.0398. The molecule has 28 heavy (non-hydrogen) atoms. The van der Waals surface area contributed by atoms with E-state index in [0.717, 1.165) is 39.4 Å². The number of hydrogen-bond acceptors (Lipinski definition) is 8. The van der Waals surface area contributed by atoms with Gasteiger partial charge < -0.3 is 24.6 Å². The van der Waals surface area contributed by atoms with Gasteiger partial charge in [0.05, 0.1) is 25.4 Å². The third-order valence-electron chi connectivity index (χ3n) is 4.81. The minimum Gasteiger partial charge on any atom is -0.450 e. The Morgan fingerprint density at radius 3 is 2.36 bits per heavy atom. The van der Waals surface area contributed by atoms with Crippen LogP contribution in [0.2, 0.25) is 0 Å². The van der Waals surface area contributed by atoms with E-state index in [1.165, 1.54) is 0 Å². The van der Waals surface area contributed by atoms with Gasteiger partial charge >= 0.3 is 6.09 Å².